The Bertz CT molecular complexity index is 341. The summed E-state index contributed by atoms with van der Waals surface area (Å²) in [5.74, 6) is 0. The Hall–Kier alpha value is -0.900. The van der Waals surface area contributed by atoms with Crippen LogP contribution in [0.2, 0.25) is 0 Å². The zero-order valence-corrected chi connectivity index (χ0v) is 12.2. The minimum Gasteiger partial charge on any atom is -0.389 e. The fraction of sp³-hybridized carbons (Fsp3) is 0.625. The van der Waals surface area contributed by atoms with Gasteiger partial charge in [-0.2, -0.15) is 0 Å². The summed E-state index contributed by atoms with van der Waals surface area (Å²) in [5, 5.41) is 13.0. The van der Waals surface area contributed by atoms with Crippen LogP contribution in [0.1, 0.15) is 30.9 Å². The predicted octanol–water partition coefficient (Wildman–Crippen LogP) is 2.30. The topological polar surface area (TPSA) is 41.5 Å². The van der Waals surface area contributed by atoms with Crippen LogP contribution in [0.4, 0.5) is 0 Å². The molecule has 0 aliphatic heterocycles. The van der Waals surface area contributed by atoms with Gasteiger partial charge in [0.05, 0.1) is 12.7 Å². The van der Waals surface area contributed by atoms with E-state index in [0.29, 0.717) is 13.2 Å². The lowest BCUT2D eigenvalue weighted by Crippen LogP contribution is -2.31. The molecule has 0 radical (unpaired) electrons. The Morgan fingerprint density at radius 2 is 2.21 bits per heavy atom. The van der Waals surface area contributed by atoms with Crippen LogP contribution in [0.3, 0.4) is 0 Å². The number of unbranched alkanes of at least 4 members (excludes halogenated alkanes) is 1. The first-order valence-electron chi connectivity index (χ1n) is 7.24. The Morgan fingerprint density at radius 1 is 1.37 bits per heavy atom. The summed E-state index contributed by atoms with van der Waals surface area (Å²) < 4.78 is 5.38. The Kier molecular flexibility index (Phi) is 8.47. The molecule has 108 valence electrons. The van der Waals surface area contributed by atoms with Gasteiger partial charge in [0.25, 0.3) is 0 Å². The van der Waals surface area contributed by atoms with Gasteiger partial charge in [-0.1, -0.05) is 43.2 Å². The maximum Gasteiger partial charge on any atom is 0.0897 e. The zero-order valence-electron chi connectivity index (χ0n) is 12.2. The van der Waals surface area contributed by atoms with Crippen molar-refractivity contribution in [2.75, 3.05) is 26.3 Å². The van der Waals surface area contributed by atoms with Crippen molar-refractivity contribution in [3.8, 4) is 0 Å². The summed E-state index contributed by atoms with van der Waals surface area (Å²) in [6.07, 6.45) is 2.78. The molecule has 1 unspecified atom stereocenters. The molecule has 0 fully saturated rings. The van der Waals surface area contributed by atoms with Crippen molar-refractivity contribution in [2.24, 2.45) is 0 Å². The molecule has 0 aliphatic carbocycles. The average molecular weight is 265 g/mol. The maximum atomic E-state index is 9.70. The second-order valence-electron chi connectivity index (χ2n) is 5.03. The van der Waals surface area contributed by atoms with Crippen molar-refractivity contribution in [1.82, 2.24) is 5.32 Å². The molecule has 0 saturated carbocycles. The lowest BCUT2D eigenvalue weighted by Gasteiger charge is -2.12. The number of benzene rings is 1. The second kappa shape index (κ2) is 9.96. The van der Waals surface area contributed by atoms with Gasteiger partial charge >= 0.3 is 0 Å². The van der Waals surface area contributed by atoms with Crippen LogP contribution in [0.25, 0.3) is 0 Å². The lowest BCUT2D eigenvalue weighted by molar-refractivity contribution is 0.0361. The normalized spacial score (nSPS) is 12.6. The van der Waals surface area contributed by atoms with E-state index >= 15 is 0 Å². The fourth-order valence-corrected chi connectivity index (χ4v) is 1.89. The first-order valence-corrected chi connectivity index (χ1v) is 7.24. The summed E-state index contributed by atoms with van der Waals surface area (Å²) in [6, 6.07) is 8.53. The van der Waals surface area contributed by atoms with Crippen LogP contribution < -0.4 is 5.32 Å². The summed E-state index contributed by atoms with van der Waals surface area (Å²) in [5.41, 5.74) is 2.63. The van der Waals surface area contributed by atoms with Crippen LogP contribution in [0.5, 0.6) is 0 Å². The van der Waals surface area contributed by atoms with Crippen LogP contribution >= 0.6 is 0 Å². The Morgan fingerprint density at radius 3 is 2.95 bits per heavy atom. The van der Waals surface area contributed by atoms with E-state index in [0.717, 1.165) is 32.4 Å². The van der Waals surface area contributed by atoms with Crippen molar-refractivity contribution >= 4 is 0 Å². The van der Waals surface area contributed by atoms with Crippen LogP contribution in [0, 0.1) is 6.92 Å². The quantitative estimate of drug-likeness (QED) is 0.638. The molecule has 0 saturated heterocycles. The number of aliphatic hydroxyl groups excluding tert-OH is 1. The SMILES string of the molecule is CCCCOCC(O)CNCCc1cccc(C)c1. The summed E-state index contributed by atoms with van der Waals surface area (Å²) in [6.45, 7) is 6.89. The van der Waals surface area contributed by atoms with Gasteiger partial charge in [0.2, 0.25) is 0 Å². The van der Waals surface area contributed by atoms with E-state index < -0.39 is 6.10 Å². The molecule has 2 N–H and O–H groups in total. The summed E-state index contributed by atoms with van der Waals surface area (Å²) in [7, 11) is 0. The van der Waals surface area contributed by atoms with E-state index in [1.54, 1.807) is 0 Å². The first kappa shape index (κ1) is 16.2. The van der Waals surface area contributed by atoms with E-state index in [1.165, 1.54) is 11.1 Å². The molecule has 0 aliphatic rings. The maximum absolute atomic E-state index is 9.70. The molecule has 1 rings (SSSR count). The molecular formula is C16H27NO2. The average Bonchev–Trinajstić information content (AvgIpc) is 2.40. The van der Waals surface area contributed by atoms with Gasteiger partial charge in [-0.05, 0) is 31.9 Å². The summed E-state index contributed by atoms with van der Waals surface area (Å²) in [4.78, 5) is 0. The molecule has 1 aromatic rings. The van der Waals surface area contributed by atoms with Crippen LogP contribution in [-0.2, 0) is 11.2 Å². The smallest absolute Gasteiger partial charge is 0.0897 e. The van der Waals surface area contributed by atoms with Crippen molar-refractivity contribution in [2.45, 2.75) is 39.2 Å². The molecule has 0 bridgehead atoms. The van der Waals surface area contributed by atoms with Crippen LogP contribution in [-0.4, -0.2) is 37.5 Å². The number of aliphatic hydroxyl groups is 1. The summed E-state index contributed by atoms with van der Waals surface area (Å²) >= 11 is 0. The molecule has 0 spiro atoms. The molecule has 3 heteroatoms. The molecule has 0 aromatic heterocycles. The van der Waals surface area contributed by atoms with Gasteiger partial charge in [-0.25, -0.2) is 0 Å². The van der Waals surface area contributed by atoms with E-state index in [1.807, 2.05) is 0 Å². The van der Waals surface area contributed by atoms with E-state index in [2.05, 4.69) is 43.4 Å². The van der Waals surface area contributed by atoms with Crippen LogP contribution in [0.15, 0.2) is 24.3 Å². The highest BCUT2D eigenvalue weighted by atomic mass is 16.5. The third-order valence-corrected chi connectivity index (χ3v) is 3.01. The highest BCUT2D eigenvalue weighted by Gasteiger charge is 2.03. The largest absolute Gasteiger partial charge is 0.389 e. The second-order valence-corrected chi connectivity index (χ2v) is 5.03. The van der Waals surface area contributed by atoms with E-state index in [-0.39, 0.29) is 0 Å². The van der Waals surface area contributed by atoms with E-state index in [4.69, 9.17) is 4.74 Å². The lowest BCUT2D eigenvalue weighted by atomic mass is 10.1. The standard InChI is InChI=1S/C16H27NO2/c1-3-4-10-19-13-16(18)12-17-9-8-15-7-5-6-14(2)11-15/h5-7,11,16-18H,3-4,8-10,12-13H2,1-2H3. The van der Waals surface area contributed by atoms with Crippen molar-refractivity contribution in [1.29, 1.82) is 0 Å². The van der Waals surface area contributed by atoms with Crippen molar-refractivity contribution < 1.29 is 9.84 Å². The van der Waals surface area contributed by atoms with Gasteiger partial charge in [0, 0.05) is 13.2 Å². The van der Waals surface area contributed by atoms with Gasteiger partial charge in [-0.3, -0.25) is 0 Å². The zero-order chi connectivity index (χ0) is 13.9. The van der Waals surface area contributed by atoms with Gasteiger partial charge in [-0.15, -0.1) is 0 Å². The monoisotopic (exact) mass is 265 g/mol. The Balaban J connectivity index is 2.03. The number of ether oxygens (including phenoxy) is 1. The number of aryl methyl sites for hydroxylation is 1. The van der Waals surface area contributed by atoms with Crippen molar-refractivity contribution in [3.05, 3.63) is 35.4 Å². The number of hydrogen-bond acceptors (Lipinski definition) is 3. The predicted molar refractivity (Wildman–Crippen MR) is 79.5 cm³/mol. The molecule has 1 aromatic carbocycles. The molecule has 0 amide bonds. The Labute approximate surface area is 117 Å². The number of nitrogens with one attached hydrogen (secondary N) is 1. The van der Waals surface area contributed by atoms with Gasteiger partial charge in [0.1, 0.15) is 0 Å². The van der Waals surface area contributed by atoms with Gasteiger partial charge in [0.15, 0.2) is 0 Å². The first-order chi connectivity index (χ1) is 9.22. The highest BCUT2D eigenvalue weighted by molar-refractivity contribution is 5.22. The minimum absolute atomic E-state index is 0.408. The fourth-order valence-electron chi connectivity index (χ4n) is 1.89. The molecule has 3 nitrogen and oxygen atoms in total. The molecule has 0 heterocycles. The number of hydrogen-bond donors (Lipinski definition) is 2. The van der Waals surface area contributed by atoms with Gasteiger partial charge < -0.3 is 15.2 Å². The highest BCUT2D eigenvalue weighted by Crippen LogP contribution is 2.03. The molecular weight excluding hydrogens is 238 g/mol. The van der Waals surface area contributed by atoms with E-state index in [9.17, 15) is 5.11 Å². The molecule has 1 atom stereocenters. The minimum atomic E-state index is -0.408. The third kappa shape index (κ3) is 7.98. The van der Waals surface area contributed by atoms with Crippen molar-refractivity contribution in [3.63, 3.8) is 0 Å². The number of rotatable bonds is 10. The molecule has 19 heavy (non-hydrogen) atoms. The third-order valence-electron chi connectivity index (χ3n) is 3.01.